The molecule has 3 heteroatoms. The van der Waals surface area contributed by atoms with Gasteiger partial charge in [0, 0.05) is 11.3 Å². The van der Waals surface area contributed by atoms with E-state index in [2.05, 4.69) is 12.6 Å². The summed E-state index contributed by atoms with van der Waals surface area (Å²) >= 11 is 3.91. The second kappa shape index (κ2) is 4.26. The van der Waals surface area contributed by atoms with Gasteiger partial charge in [0.25, 0.3) is 0 Å². The largest absolute Gasteiger partial charge is 0.204 e. The number of rotatable bonds is 2. The Hall–Kier alpha value is -0.830. The molecule has 0 spiro atoms. The van der Waals surface area contributed by atoms with Gasteiger partial charge in [0.05, 0.1) is 0 Å². The minimum absolute atomic E-state index is 0.254. The van der Waals surface area contributed by atoms with E-state index in [1.54, 1.807) is 6.08 Å². The van der Waals surface area contributed by atoms with Gasteiger partial charge in [-0.1, -0.05) is 24.3 Å². The molecule has 1 aromatic rings. The Morgan fingerprint density at radius 1 is 1.33 bits per heavy atom. The average molecular weight is 186 g/mol. The molecule has 12 heavy (non-hydrogen) atoms. The Labute approximate surface area is 75.3 Å². The fourth-order valence-electron chi connectivity index (χ4n) is 0.829. The van der Waals surface area contributed by atoms with E-state index in [-0.39, 0.29) is 5.56 Å². The Balaban J connectivity index is 3.00. The van der Waals surface area contributed by atoms with Crippen molar-refractivity contribution in [1.29, 1.82) is 0 Å². The van der Waals surface area contributed by atoms with Crippen molar-refractivity contribution in [1.82, 2.24) is 0 Å². The van der Waals surface area contributed by atoms with Gasteiger partial charge in [-0.25, -0.2) is 8.78 Å². The van der Waals surface area contributed by atoms with Gasteiger partial charge in [-0.2, -0.15) is 12.6 Å². The monoisotopic (exact) mass is 186 g/mol. The van der Waals surface area contributed by atoms with Crippen LogP contribution in [0.25, 0.3) is 6.08 Å². The van der Waals surface area contributed by atoms with Gasteiger partial charge in [-0.3, -0.25) is 0 Å². The lowest BCUT2D eigenvalue weighted by molar-refractivity contribution is 0.507. The highest BCUT2D eigenvalue weighted by molar-refractivity contribution is 7.80. The normalized spacial score (nSPS) is 10.9. The molecule has 0 bridgehead atoms. The third-order valence-electron chi connectivity index (χ3n) is 1.38. The zero-order valence-electron chi connectivity index (χ0n) is 6.30. The van der Waals surface area contributed by atoms with Gasteiger partial charge in [0.2, 0.25) is 0 Å². The first-order valence-electron chi connectivity index (χ1n) is 3.47. The lowest BCUT2D eigenvalue weighted by Crippen LogP contribution is -1.86. The summed E-state index contributed by atoms with van der Waals surface area (Å²) in [5.74, 6) is -1.12. The lowest BCUT2D eigenvalue weighted by Gasteiger charge is -1.96. The van der Waals surface area contributed by atoms with Gasteiger partial charge in [0.1, 0.15) is 0 Å². The summed E-state index contributed by atoms with van der Waals surface area (Å²) in [7, 11) is 0. The summed E-state index contributed by atoms with van der Waals surface area (Å²) in [6, 6.07) is 4.07. The SMILES string of the molecule is Fc1cccc(C=CCS)c1F. The molecule has 0 aliphatic rings. The Morgan fingerprint density at radius 3 is 2.75 bits per heavy atom. The van der Waals surface area contributed by atoms with Crippen molar-refractivity contribution in [3.8, 4) is 0 Å². The molecule has 0 atom stereocenters. The first-order valence-corrected chi connectivity index (χ1v) is 4.10. The first-order chi connectivity index (χ1) is 5.75. The van der Waals surface area contributed by atoms with Gasteiger partial charge in [-0.15, -0.1) is 0 Å². The summed E-state index contributed by atoms with van der Waals surface area (Å²) in [6.45, 7) is 0. The van der Waals surface area contributed by atoms with E-state index in [1.807, 2.05) is 0 Å². The second-order valence-electron chi connectivity index (χ2n) is 2.23. The molecule has 0 aliphatic heterocycles. The molecule has 0 saturated heterocycles. The van der Waals surface area contributed by atoms with Crippen LogP contribution in [0, 0.1) is 11.6 Å². The molecule has 64 valence electrons. The van der Waals surface area contributed by atoms with Gasteiger partial charge in [-0.05, 0) is 6.07 Å². The van der Waals surface area contributed by atoms with Crippen LogP contribution in [0.15, 0.2) is 24.3 Å². The van der Waals surface area contributed by atoms with Crippen molar-refractivity contribution < 1.29 is 8.78 Å². The third-order valence-corrected chi connectivity index (χ3v) is 1.60. The van der Waals surface area contributed by atoms with Crippen LogP contribution in [0.2, 0.25) is 0 Å². The highest BCUT2D eigenvalue weighted by Crippen LogP contribution is 2.12. The Kier molecular flexibility index (Phi) is 3.29. The first kappa shape index (κ1) is 9.26. The maximum absolute atomic E-state index is 12.9. The maximum atomic E-state index is 12.9. The second-order valence-corrected chi connectivity index (χ2v) is 2.59. The van der Waals surface area contributed by atoms with E-state index in [0.29, 0.717) is 5.75 Å². The molecule has 0 aliphatic carbocycles. The molecule has 0 amide bonds. The van der Waals surface area contributed by atoms with E-state index in [9.17, 15) is 8.78 Å². The standard InChI is InChI=1S/C9H8F2S/c10-8-5-1-3-7(9(8)11)4-2-6-12/h1-5,12H,6H2. The van der Waals surface area contributed by atoms with Gasteiger partial charge < -0.3 is 0 Å². The highest BCUT2D eigenvalue weighted by atomic mass is 32.1. The molecule has 0 radical (unpaired) electrons. The van der Waals surface area contributed by atoms with E-state index in [0.717, 1.165) is 6.07 Å². The number of halogens is 2. The predicted octanol–water partition coefficient (Wildman–Crippen LogP) is 2.91. The minimum Gasteiger partial charge on any atom is -0.204 e. The zero-order valence-corrected chi connectivity index (χ0v) is 7.19. The van der Waals surface area contributed by atoms with Crippen molar-refractivity contribution in [2.45, 2.75) is 0 Å². The average Bonchev–Trinajstić information content (AvgIpc) is 2.08. The quantitative estimate of drug-likeness (QED) is 0.674. The van der Waals surface area contributed by atoms with E-state index in [4.69, 9.17) is 0 Å². The van der Waals surface area contributed by atoms with Crippen molar-refractivity contribution in [3.63, 3.8) is 0 Å². The van der Waals surface area contributed by atoms with Crippen LogP contribution in [0.4, 0.5) is 8.78 Å². The summed E-state index contributed by atoms with van der Waals surface area (Å²) in [6.07, 6.45) is 3.16. The fraction of sp³-hybridized carbons (Fsp3) is 0.111. The van der Waals surface area contributed by atoms with Crippen LogP contribution in [-0.2, 0) is 0 Å². The van der Waals surface area contributed by atoms with Crippen molar-refractivity contribution >= 4 is 18.7 Å². The van der Waals surface area contributed by atoms with Gasteiger partial charge >= 0.3 is 0 Å². The zero-order chi connectivity index (χ0) is 8.97. The van der Waals surface area contributed by atoms with E-state index < -0.39 is 11.6 Å². The molecule has 0 heterocycles. The molecule has 0 N–H and O–H groups in total. The molecule has 0 fully saturated rings. The fourth-order valence-corrected chi connectivity index (χ4v) is 0.934. The number of hydrogen-bond donors (Lipinski definition) is 1. The minimum atomic E-state index is -0.823. The van der Waals surface area contributed by atoms with Crippen LogP contribution in [0.1, 0.15) is 5.56 Å². The molecule has 0 nitrogen and oxygen atoms in total. The van der Waals surface area contributed by atoms with Crippen LogP contribution >= 0.6 is 12.6 Å². The smallest absolute Gasteiger partial charge is 0.166 e. The Bertz CT molecular complexity index is 295. The number of thiol groups is 1. The van der Waals surface area contributed by atoms with Crippen molar-refractivity contribution in [2.75, 3.05) is 5.75 Å². The van der Waals surface area contributed by atoms with E-state index in [1.165, 1.54) is 18.2 Å². The molecule has 1 aromatic carbocycles. The predicted molar refractivity (Wildman–Crippen MR) is 49.2 cm³/mol. The molecule has 0 saturated carbocycles. The van der Waals surface area contributed by atoms with Crippen LogP contribution in [0.3, 0.4) is 0 Å². The van der Waals surface area contributed by atoms with Gasteiger partial charge in [0.15, 0.2) is 11.6 Å². The van der Waals surface area contributed by atoms with Crippen LogP contribution in [0.5, 0.6) is 0 Å². The summed E-state index contributed by atoms with van der Waals surface area (Å²) < 4.78 is 25.5. The maximum Gasteiger partial charge on any atom is 0.166 e. The number of benzene rings is 1. The molecule has 0 unspecified atom stereocenters. The molecule has 1 rings (SSSR count). The molecule has 0 aromatic heterocycles. The summed E-state index contributed by atoms with van der Waals surface area (Å²) in [5, 5.41) is 0. The van der Waals surface area contributed by atoms with Crippen LogP contribution in [-0.4, -0.2) is 5.75 Å². The lowest BCUT2D eigenvalue weighted by atomic mass is 10.2. The third kappa shape index (κ3) is 2.08. The van der Waals surface area contributed by atoms with Crippen molar-refractivity contribution in [2.24, 2.45) is 0 Å². The number of hydrogen-bond acceptors (Lipinski definition) is 1. The summed E-state index contributed by atoms with van der Waals surface area (Å²) in [5.41, 5.74) is 0.254. The Morgan fingerprint density at radius 2 is 2.08 bits per heavy atom. The van der Waals surface area contributed by atoms with Crippen LogP contribution < -0.4 is 0 Å². The van der Waals surface area contributed by atoms with E-state index >= 15 is 0 Å². The molecular formula is C9H8F2S. The molecular weight excluding hydrogens is 178 g/mol. The topological polar surface area (TPSA) is 0 Å². The van der Waals surface area contributed by atoms with Crippen molar-refractivity contribution in [3.05, 3.63) is 41.5 Å². The highest BCUT2D eigenvalue weighted by Gasteiger charge is 2.03. The summed E-state index contributed by atoms with van der Waals surface area (Å²) in [4.78, 5) is 0.